The summed E-state index contributed by atoms with van der Waals surface area (Å²) in [5.74, 6) is 0.0526. The zero-order chi connectivity index (χ0) is 14.5. The van der Waals surface area contributed by atoms with Gasteiger partial charge in [0.2, 0.25) is 5.91 Å². The summed E-state index contributed by atoms with van der Waals surface area (Å²) in [5.41, 5.74) is 2.18. The summed E-state index contributed by atoms with van der Waals surface area (Å²) in [5, 5.41) is 0. The van der Waals surface area contributed by atoms with Crippen LogP contribution in [0.4, 0.5) is 5.69 Å². The first-order valence-corrected chi connectivity index (χ1v) is 6.92. The first kappa shape index (κ1) is 14.6. The Bertz CT molecular complexity index is 480. The van der Waals surface area contributed by atoms with Gasteiger partial charge >= 0.3 is 0 Å². The van der Waals surface area contributed by atoms with Crippen LogP contribution in [-0.4, -0.2) is 50.7 Å². The lowest BCUT2D eigenvalue weighted by Gasteiger charge is -2.30. The van der Waals surface area contributed by atoms with Crippen molar-refractivity contribution in [3.63, 3.8) is 0 Å². The Morgan fingerprint density at radius 2 is 2.05 bits per heavy atom. The molecule has 20 heavy (non-hydrogen) atoms. The maximum atomic E-state index is 12.1. The second-order valence-electron chi connectivity index (χ2n) is 5.28. The maximum absolute atomic E-state index is 12.1. The van der Waals surface area contributed by atoms with E-state index in [1.165, 1.54) is 0 Å². The Kier molecular flexibility index (Phi) is 4.79. The van der Waals surface area contributed by atoms with Crippen molar-refractivity contribution >= 4 is 17.7 Å². The van der Waals surface area contributed by atoms with E-state index in [2.05, 4.69) is 0 Å². The molecular formula is C16H22N2O2. The molecule has 1 aromatic rings. The quantitative estimate of drug-likeness (QED) is 0.791. The predicted molar refractivity (Wildman–Crippen MR) is 81.8 cm³/mol. The molecule has 1 aromatic carbocycles. The molecule has 1 atom stereocenters. The third kappa shape index (κ3) is 3.84. The van der Waals surface area contributed by atoms with Crippen LogP contribution in [0.25, 0.3) is 6.08 Å². The number of amides is 1. The van der Waals surface area contributed by atoms with Crippen molar-refractivity contribution in [2.45, 2.75) is 13.0 Å². The van der Waals surface area contributed by atoms with E-state index in [0.29, 0.717) is 19.7 Å². The van der Waals surface area contributed by atoms with Crippen molar-refractivity contribution in [2.24, 2.45) is 0 Å². The number of ether oxygens (including phenoxy) is 1. The smallest absolute Gasteiger partial charge is 0.246 e. The largest absolute Gasteiger partial charge is 0.378 e. The number of hydrogen-bond acceptors (Lipinski definition) is 3. The van der Waals surface area contributed by atoms with Gasteiger partial charge in [0.15, 0.2) is 0 Å². The summed E-state index contributed by atoms with van der Waals surface area (Å²) in [6.45, 7) is 3.96. The van der Waals surface area contributed by atoms with Crippen molar-refractivity contribution in [2.75, 3.05) is 38.7 Å². The number of carbonyl (C=O) groups excluding carboxylic acids is 1. The van der Waals surface area contributed by atoms with Crippen LogP contribution in [0.1, 0.15) is 12.5 Å². The predicted octanol–water partition coefficient (Wildman–Crippen LogP) is 2.01. The molecule has 0 aromatic heterocycles. The highest BCUT2D eigenvalue weighted by atomic mass is 16.5. The third-order valence-electron chi connectivity index (χ3n) is 3.38. The van der Waals surface area contributed by atoms with E-state index >= 15 is 0 Å². The SMILES string of the molecule is CC1CN(C(=O)/C=C/c2ccc(N(C)C)cc2)CCO1. The summed E-state index contributed by atoms with van der Waals surface area (Å²) in [4.78, 5) is 15.9. The average molecular weight is 274 g/mol. The van der Waals surface area contributed by atoms with Gasteiger partial charge < -0.3 is 14.5 Å². The van der Waals surface area contributed by atoms with Crippen molar-refractivity contribution in [3.8, 4) is 0 Å². The fourth-order valence-corrected chi connectivity index (χ4v) is 2.18. The summed E-state index contributed by atoms with van der Waals surface area (Å²) >= 11 is 0. The van der Waals surface area contributed by atoms with Gasteiger partial charge in [0.05, 0.1) is 12.7 Å². The molecule has 1 heterocycles. The normalized spacial score (nSPS) is 19.4. The molecule has 1 fully saturated rings. The van der Waals surface area contributed by atoms with Gasteiger partial charge in [-0.1, -0.05) is 12.1 Å². The van der Waals surface area contributed by atoms with Crippen LogP contribution < -0.4 is 4.90 Å². The molecule has 1 unspecified atom stereocenters. The van der Waals surface area contributed by atoms with Crippen molar-refractivity contribution in [1.29, 1.82) is 0 Å². The van der Waals surface area contributed by atoms with Crippen molar-refractivity contribution in [3.05, 3.63) is 35.9 Å². The first-order chi connectivity index (χ1) is 9.56. The van der Waals surface area contributed by atoms with E-state index in [4.69, 9.17) is 4.74 Å². The van der Waals surface area contributed by atoms with Gasteiger partial charge in [0, 0.05) is 38.9 Å². The van der Waals surface area contributed by atoms with Gasteiger partial charge in [0.1, 0.15) is 0 Å². The molecule has 0 aliphatic carbocycles. The maximum Gasteiger partial charge on any atom is 0.246 e. The number of carbonyl (C=O) groups is 1. The zero-order valence-corrected chi connectivity index (χ0v) is 12.4. The van der Waals surface area contributed by atoms with Crippen LogP contribution >= 0.6 is 0 Å². The lowest BCUT2D eigenvalue weighted by molar-refractivity contribution is -0.132. The molecule has 108 valence electrons. The Morgan fingerprint density at radius 1 is 1.35 bits per heavy atom. The minimum Gasteiger partial charge on any atom is -0.378 e. The third-order valence-corrected chi connectivity index (χ3v) is 3.38. The van der Waals surface area contributed by atoms with E-state index < -0.39 is 0 Å². The van der Waals surface area contributed by atoms with Crippen LogP contribution in [-0.2, 0) is 9.53 Å². The molecule has 1 amide bonds. The highest BCUT2D eigenvalue weighted by Gasteiger charge is 2.19. The molecule has 0 bridgehead atoms. The van der Waals surface area contributed by atoms with E-state index in [0.717, 1.165) is 11.3 Å². The second-order valence-corrected chi connectivity index (χ2v) is 5.28. The summed E-state index contributed by atoms with van der Waals surface area (Å²) < 4.78 is 5.43. The van der Waals surface area contributed by atoms with Crippen molar-refractivity contribution in [1.82, 2.24) is 4.90 Å². The first-order valence-electron chi connectivity index (χ1n) is 6.92. The molecule has 1 saturated heterocycles. The van der Waals surface area contributed by atoms with E-state index in [-0.39, 0.29) is 12.0 Å². The number of morpholine rings is 1. The van der Waals surface area contributed by atoms with Crippen LogP contribution in [0.5, 0.6) is 0 Å². The molecule has 0 spiro atoms. The zero-order valence-electron chi connectivity index (χ0n) is 12.4. The summed E-state index contributed by atoms with van der Waals surface area (Å²) in [7, 11) is 4.02. The molecule has 1 aliphatic rings. The fourth-order valence-electron chi connectivity index (χ4n) is 2.18. The Balaban J connectivity index is 1.96. The minimum absolute atomic E-state index is 0.0526. The number of benzene rings is 1. The number of nitrogens with zero attached hydrogens (tertiary/aromatic N) is 2. The van der Waals surface area contributed by atoms with Crippen molar-refractivity contribution < 1.29 is 9.53 Å². The minimum atomic E-state index is 0.0526. The number of rotatable bonds is 3. The fraction of sp³-hybridized carbons (Fsp3) is 0.438. The topological polar surface area (TPSA) is 32.8 Å². The van der Waals surface area contributed by atoms with Crippen LogP contribution in [0.3, 0.4) is 0 Å². The lowest BCUT2D eigenvalue weighted by Crippen LogP contribution is -2.43. The highest BCUT2D eigenvalue weighted by Crippen LogP contribution is 2.13. The van der Waals surface area contributed by atoms with Gasteiger partial charge in [-0.2, -0.15) is 0 Å². The highest BCUT2D eigenvalue weighted by molar-refractivity contribution is 5.91. The molecule has 0 N–H and O–H groups in total. The standard InChI is InChI=1S/C16H22N2O2/c1-13-12-18(10-11-20-13)16(19)9-6-14-4-7-15(8-5-14)17(2)3/h4-9,13H,10-12H2,1-3H3/b9-6+. The van der Waals surface area contributed by atoms with Gasteiger partial charge in [-0.3, -0.25) is 4.79 Å². The van der Waals surface area contributed by atoms with E-state index in [1.807, 2.05) is 61.2 Å². The van der Waals surface area contributed by atoms with Gasteiger partial charge in [-0.05, 0) is 30.7 Å². The monoisotopic (exact) mass is 274 g/mol. The van der Waals surface area contributed by atoms with Crippen LogP contribution in [0.2, 0.25) is 0 Å². The van der Waals surface area contributed by atoms with Gasteiger partial charge in [-0.15, -0.1) is 0 Å². The summed E-state index contributed by atoms with van der Waals surface area (Å²) in [6, 6.07) is 8.12. The molecule has 4 heteroatoms. The number of hydrogen-bond donors (Lipinski definition) is 0. The molecule has 0 saturated carbocycles. The molecule has 1 aliphatic heterocycles. The van der Waals surface area contributed by atoms with Gasteiger partial charge in [0.25, 0.3) is 0 Å². The second kappa shape index (κ2) is 6.57. The Hall–Kier alpha value is -1.81. The van der Waals surface area contributed by atoms with Crippen LogP contribution in [0, 0.1) is 0 Å². The van der Waals surface area contributed by atoms with E-state index in [1.54, 1.807) is 6.08 Å². The molecular weight excluding hydrogens is 252 g/mol. The lowest BCUT2D eigenvalue weighted by atomic mass is 10.2. The van der Waals surface area contributed by atoms with Gasteiger partial charge in [-0.25, -0.2) is 0 Å². The molecule has 2 rings (SSSR count). The van der Waals surface area contributed by atoms with E-state index in [9.17, 15) is 4.79 Å². The Labute approximate surface area is 120 Å². The van der Waals surface area contributed by atoms with Crippen LogP contribution in [0.15, 0.2) is 30.3 Å². The molecule has 0 radical (unpaired) electrons. The Morgan fingerprint density at radius 3 is 2.65 bits per heavy atom. The average Bonchev–Trinajstić information content (AvgIpc) is 2.45. The summed E-state index contributed by atoms with van der Waals surface area (Å²) in [6.07, 6.45) is 3.63. The number of anilines is 1. The molecule has 4 nitrogen and oxygen atoms in total.